The molecule has 0 unspecified atom stereocenters. The Morgan fingerprint density at radius 1 is 1.00 bits per heavy atom. The van der Waals surface area contributed by atoms with Crippen molar-refractivity contribution >= 4 is 5.91 Å². The standard InChI is InChI=1S/C19H23NO3/c1-3-12-23-17-11-10-15(13-18(17)22-4-2)14-20-19(21)16-8-6-5-7-9-16/h5-11,13H,3-4,12,14H2,1-2H3,(H,20,21). The Morgan fingerprint density at radius 2 is 1.78 bits per heavy atom. The molecule has 1 N–H and O–H groups in total. The Hall–Kier alpha value is -2.49. The highest BCUT2D eigenvalue weighted by Gasteiger charge is 2.08. The van der Waals surface area contributed by atoms with Gasteiger partial charge in [0.15, 0.2) is 11.5 Å². The second kappa shape index (κ2) is 8.83. The van der Waals surface area contributed by atoms with E-state index in [4.69, 9.17) is 9.47 Å². The molecule has 0 atom stereocenters. The molecule has 0 saturated heterocycles. The van der Waals surface area contributed by atoms with Crippen LogP contribution in [0.25, 0.3) is 0 Å². The van der Waals surface area contributed by atoms with Gasteiger partial charge < -0.3 is 14.8 Å². The first-order valence-electron chi connectivity index (χ1n) is 7.96. The van der Waals surface area contributed by atoms with Gasteiger partial charge in [0.25, 0.3) is 5.91 Å². The molecular weight excluding hydrogens is 290 g/mol. The van der Waals surface area contributed by atoms with E-state index in [1.54, 1.807) is 12.1 Å². The Morgan fingerprint density at radius 3 is 2.48 bits per heavy atom. The van der Waals surface area contributed by atoms with Crippen LogP contribution in [0.2, 0.25) is 0 Å². The van der Waals surface area contributed by atoms with Crippen LogP contribution in [0.1, 0.15) is 36.2 Å². The van der Waals surface area contributed by atoms with E-state index in [1.807, 2.05) is 43.3 Å². The zero-order chi connectivity index (χ0) is 16.5. The predicted octanol–water partition coefficient (Wildman–Crippen LogP) is 3.80. The molecule has 0 aliphatic heterocycles. The van der Waals surface area contributed by atoms with Crippen molar-refractivity contribution in [1.29, 1.82) is 0 Å². The molecule has 122 valence electrons. The molecule has 0 aliphatic carbocycles. The highest BCUT2D eigenvalue weighted by molar-refractivity contribution is 5.94. The smallest absolute Gasteiger partial charge is 0.251 e. The van der Waals surface area contributed by atoms with Crippen LogP contribution in [0.15, 0.2) is 48.5 Å². The molecule has 2 aromatic carbocycles. The molecule has 1 amide bonds. The van der Waals surface area contributed by atoms with Crippen LogP contribution in [-0.2, 0) is 6.54 Å². The van der Waals surface area contributed by atoms with Crippen molar-refractivity contribution < 1.29 is 14.3 Å². The van der Waals surface area contributed by atoms with Crippen molar-refractivity contribution in [3.05, 3.63) is 59.7 Å². The maximum Gasteiger partial charge on any atom is 0.251 e. The summed E-state index contributed by atoms with van der Waals surface area (Å²) in [7, 11) is 0. The number of carbonyl (C=O) groups is 1. The van der Waals surface area contributed by atoms with E-state index in [9.17, 15) is 4.79 Å². The summed E-state index contributed by atoms with van der Waals surface area (Å²) in [6, 6.07) is 14.9. The highest BCUT2D eigenvalue weighted by atomic mass is 16.5. The van der Waals surface area contributed by atoms with Gasteiger partial charge in [-0.2, -0.15) is 0 Å². The number of rotatable bonds is 8. The molecule has 0 fully saturated rings. The van der Waals surface area contributed by atoms with E-state index < -0.39 is 0 Å². The van der Waals surface area contributed by atoms with Crippen LogP contribution < -0.4 is 14.8 Å². The first-order chi connectivity index (χ1) is 11.2. The number of nitrogens with one attached hydrogen (secondary N) is 1. The fourth-order valence-electron chi connectivity index (χ4n) is 2.14. The number of hydrogen-bond acceptors (Lipinski definition) is 3. The van der Waals surface area contributed by atoms with Gasteiger partial charge in [0.05, 0.1) is 13.2 Å². The van der Waals surface area contributed by atoms with Crippen molar-refractivity contribution in [3.8, 4) is 11.5 Å². The van der Waals surface area contributed by atoms with Crippen molar-refractivity contribution in [2.75, 3.05) is 13.2 Å². The van der Waals surface area contributed by atoms with Gasteiger partial charge >= 0.3 is 0 Å². The van der Waals surface area contributed by atoms with Gasteiger partial charge in [-0.1, -0.05) is 31.2 Å². The summed E-state index contributed by atoms with van der Waals surface area (Å²) in [5.74, 6) is 1.37. The summed E-state index contributed by atoms with van der Waals surface area (Å²) >= 11 is 0. The fourth-order valence-corrected chi connectivity index (χ4v) is 2.14. The minimum atomic E-state index is -0.0881. The van der Waals surface area contributed by atoms with E-state index in [0.717, 1.165) is 17.7 Å². The molecule has 4 heteroatoms. The first-order valence-corrected chi connectivity index (χ1v) is 7.96. The normalized spacial score (nSPS) is 10.2. The molecule has 0 aliphatic rings. The lowest BCUT2D eigenvalue weighted by Crippen LogP contribution is -2.22. The molecule has 0 bridgehead atoms. The van der Waals surface area contributed by atoms with Crippen LogP contribution in [0.3, 0.4) is 0 Å². The average Bonchev–Trinajstić information content (AvgIpc) is 2.60. The minimum Gasteiger partial charge on any atom is -0.490 e. The van der Waals surface area contributed by atoms with Gasteiger partial charge in [0, 0.05) is 12.1 Å². The molecule has 0 radical (unpaired) electrons. The summed E-state index contributed by atoms with van der Waals surface area (Å²) in [4.78, 5) is 12.1. The SMILES string of the molecule is CCCOc1ccc(CNC(=O)c2ccccc2)cc1OCC. The minimum absolute atomic E-state index is 0.0881. The third kappa shape index (κ3) is 5.02. The van der Waals surface area contributed by atoms with Gasteiger partial charge in [-0.25, -0.2) is 0 Å². The molecule has 0 saturated carbocycles. The number of ether oxygens (including phenoxy) is 2. The fraction of sp³-hybridized carbons (Fsp3) is 0.316. The summed E-state index contributed by atoms with van der Waals surface area (Å²) in [5.41, 5.74) is 1.63. The van der Waals surface area contributed by atoms with Crippen molar-refractivity contribution in [1.82, 2.24) is 5.32 Å². The van der Waals surface area contributed by atoms with E-state index in [0.29, 0.717) is 31.1 Å². The topological polar surface area (TPSA) is 47.6 Å². The Balaban J connectivity index is 2.02. The maximum absolute atomic E-state index is 12.1. The summed E-state index contributed by atoms with van der Waals surface area (Å²) in [6.07, 6.45) is 0.945. The van der Waals surface area contributed by atoms with Crippen LogP contribution in [0, 0.1) is 0 Å². The van der Waals surface area contributed by atoms with Crippen LogP contribution in [0.4, 0.5) is 0 Å². The summed E-state index contributed by atoms with van der Waals surface area (Å²) < 4.78 is 11.3. The number of hydrogen-bond donors (Lipinski definition) is 1. The summed E-state index contributed by atoms with van der Waals surface area (Å²) in [6.45, 7) is 5.68. The average molecular weight is 313 g/mol. The van der Waals surface area contributed by atoms with E-state index in [-0.39, 0.29) is 5.91 Å². The van der Waals surface area contributed by atoms with E-state index in [2.05, 4.69) is 12.2 Å². The number of carbonyl (C=O) groups excluding carboxylic acids is 1. The third-order valence-electron chi connectivity index (χ3n) is 3.26. The van der Waals surface area contributed by atoms with Crippen LogP contribution in [0.5, 0.6) is 11.5 Å². The lowest BCUT2D eigenvalue weighted by Gasteiger charge is -2.13. The largest absolute Gasteiger partial charge is 0.490 e. The van der Waals surface area contributed by atoms with Gasteiger partial charge in [-0.05, 0) is 43.2 Å². The van der Waals surface area contributed by atoms with Gasteiger partial charge in [0.2, 0.25) is 0 Å². The van der Waals surface area contributed by atoms with Crippen molar-refractivity contribution in [3.63, 3.8) is 0 Å². The molecule has 0 spiro atoms. The predicted molar refractivity (Wildman–Crippen MR) is 91.0 cm³/mol. The van der Waals surface area contributed by atoms with Gasteiger partial charge in [0.1, 0.15) is 0 Å². The first kappa shape index (κ1) is 16.9. The maximum atomic E-state index is 12.1. The molecular formula is C19H23NO3. The van der Waals surface area contributed by atoms with Crippen LogP contribution >= 0.6 is 0 Å². The highest BCUT2D eigenvalue weighted by Crippen LogP contribution is 2.28. The van der Waals surface area contributed by atoms with Crippen molar-refractivity contribution in [2.45, 2.75) is 26.8 Å². The van der Waals surface area contributed by atoms with Crippen molar-refractivity contribution in [2.24, 2.45) is 0 Å². The zero-order valence-corrected chi connectivity index (χ0v) is 13.7. The van der Waals surface area contributed by atoms with Gasteiger partial charge in [-0.15, -0.1) is 0 Å². The third-order valence-corrected chi connectivity index (χ3v) is 3.26. The molecule has 4 nitrogen and oxygen atoms in total. The Bertz CT molecular complexity index is 626. The molecule has 0 aromatic heterocycles. The number of benzene rings is 2. The Labute approximate surface area is 137 Å². The molecule has 23 heavy (non-hydrogen) atoms. The molecule has 0 heterocycles. The lowest BCUT2D eigenvalue weighted by molar-refractivity contribution is 0.0951. The zero-order valence-electron chi connectivity index (χ0n) is 13.7. The second-order valence-electron chi connectivity index (χ2n) is 5.11. The van der Waals surface area contributed by atoms with Crippen LogP contribution in [-0.4, -0.2) is 19.1 Å². The quantitative estimate of drug-likeness (QED) is 0.806. The monoisotopic (exact) mass is 313 g/mol. The van der Waals surface area contributed by atoms with Gasteiger partial charge in [-0.3, -0.25) is 4.79 Å². The van der Waals surface area contributed by atoms with E-state index in [1.165, 1.54) is 0 Å². The van der Waals surface area contributed by atoms with E-state index >= 15 is 0 Å². The Kier molecular flexibility index (Phi) is 6.48. The molecule has 2 aromatic rings. The number of amides is 1. The molecule has 2 rings (SSSR count). The lowest BCUT2D eigenvalue weighted by atomic mass is 10.1. The second-order valence-corrected chi connectivity index (χ2v) is 5.11. The summed E-state index contributed by atoms with van der Waals surface area (Å²) in [5, 5.41) is 2.91.